The molecule has 0 fully saturated rings. The van der Waals surface area contributed by atoms with Crippen molar-refractivity contribution < 1.29 is 48.3 Å². The van der Waals surface area contributed by atoms with E-state index in [1.54, 1.807) is 56.3 Å². The maximum absolute atomic E-state index is 12.5. The highest BCUT2D eigenvalue weighted by molar-refractivity contribution is 6.32. The van der Waals surface area contributed by atoms with Gasteiger partial charge >= 0.3 is 18.0 Å². The lowest BCUT2D eigenvalue weighted by molar-refractivity contribution is -0.136. The number of rotatable bonds is 15. The Balaban J connectivity index is 1.38. The van der Waals surface area contributed by atoms with E-state index in [4.69, 9.17) is 40.4 Å². The number of allylic oxidation sites excluding steroid dienone is 1. The third kappa shape index (κ3) is 8.86. The molecule has 2 atom stereocenters. The van der Waals surface area contributed by atoms with Crippen LogP contribution in [0.15, 0.2) is 71.0 Å². The zero-order chi connectivity index (χ0) is 34.8. The summed E-state index contributed by atoms with van der Waals surface area (Å²) in [4.78, 5) is 35.7. The zero-order valence-electron chi connectivity index (χ0n) is 26.5. The van der Waals surface area contributed by atoms with Crippen molar-refractivity contribution in [1.82, 2.24) is 16.1 Å². The van der Waals surface area contributed by atoms with Gasteiger partial charge in [-0.3, -0.25) is 5.43 Å². The number of carbonyl (C=O) groups is 3. The minimum Gasteiger partial charge on any atom is -0.493 e. The summed E-state index contributed by atoms with van der Waals surface area (Å²) in [5.41, 5.74) is 5.20. The van der Waals surface area contributed by atoms with Gasteiger partial charge in [0, 0.05) is 5.70 Å². The van der Waals surface area contributed by atoms with E-state index in [0.717, 1.165) is 5.56 Å². The average molecular weight is 683 g/mol. The van der Waals surface area contributed by atoms with Crippen LogP contribution in [0.25, 0.3) is 0 Å². The standard InChI is InChI=1S/C33H35ClN4O10/c1-5-46-25-14-22(29-28(32(42)45-4)18(2)36-33(43)37-29)10-11-24(25)47-17-27(39)38-35-15-20-12-23(34)30(26(13-20)44-3)48-16-19-6-8-21(9-7-19)31(40)41/h6-15,27,29,38-39H,5,16-17H2,1-4H3,(H,40,41)(H2,36,37,43)/b35-15-/t27-,29+/m1/s1. The van der Waals surface area contributed by atoms with E-state index in [9.17, 15) is 19.5 Å². The van der Waals surface area contributed by atoms with Crippen LogP contribution in [0.3, 0.4) is 0 Å². The largest absolute Gasteiger partial charge is 0.493 e. The number of carboxylic acids is 1. The quantitative estimate of drug-likeness (QED) is 0.0671. The second kappa shape index (κ2) is 16.4. The van der Waals surface area contributed by atoms with Gasteiger partial charge in [0.15, 0.2) is 29.2 Å². The number of nitrogens with one attached hydrogen (secondary N) is 3. The van der Waals surface area contributed by atoms with Gasteiger partial charge in [0.1, 0.15) is 13.2 Å². The van der Waals surface area contributed by atoms with Crippen molar-refractivity contribution in [2.24, 2.45) is 5.10 Å². The predicted octanol–water partition coefficient (Wildman–Crippen LogP) is 4.15. The molecule has 0 aromatic heterocycles. The molecule has 5 N–H and O–H groups in total. The van der Waals surface area contributed by atoms with Crippen molar-refractivity contribution in [2.45, 2.75) is 32.7 Å². The van der Waals surface area contributed by atoms with Gasteiger partial charge in [-0.1, -0.05) is 29.8 Å². The van der Waals surface area contributed by atoms with Gasteiger partial charge in [-0.05, 0) is 66.9 Å². The number of aromatic carboxylic acids is 1. The second-order valence-corrected chi connectivity index (χ2v) is 10.6. The molecule has 1 aliphatic rings. The number of carboxylic acid groups (broad SMARTS) is 1. The normalized spacial score (nSPS) is 14.9. The number of hydrogen-bond donors (Lipinski definition) is 5. The Morgan fingerprint density at radius 1 is 1.04 bits per heavy atom. The Bertz CT molecular complexity index is 1710. The summed E-state index contributed by atoms with van der Waals surface area (Å²) < 4.78 is 27.7. The highest BCUT2D eigenvalue weighted by atomic mass is 35.5. The van der Waals surface area contributed by atoms with Gasteiger partial charge < -0.3 is 44.5 Å². The highest BCUT2D eigenvalue weighted by Gasteiger charge is 2.32. The number of aliphatic hydroxyl groups is 1. The Kier molecular flexibility index (Phi) is 12.1. The number of nitrogens with zero attached hydrogens (tertiary/aromatic N) is 1. The van der Waals surface area contributed by atoms with Crippen LogP contribution in [-0.4, -0.2) is 68.1 Å². The van der Waals surface area contributed by atoms with Gasteiger partial charge in [-0.15, -0.1) is 0 Å². The molecule has 3 aromatic rings. The molecule has 0 spiro atoms. The molecule has 254 valence electrons. The fourth-order valence-corrected chi connectivity index (χ4v) is 4.95. The Hall–Kier alpha value is -5.47. The van der Waals surface area contributed by atoms with Crippen LogP contribution in [0.4, 0.5) is 4.79 Å². The summed E-state index contributed by atoms with van der Waals surface area (Å²) in [6.07, 6.45) is 0.205. The van der Waals surface area contributed by atoms with Crippen LogP contribution in [0, 0.1) is 0 Å². The van der Waals surface area contributed by atoms with Crippen LogP contribution in [0.5, 0.6) is 23.0 Å². The summed E-state index contributed by atoms with van der Waals surface area (Å²) in [5, 5.41) is 29.1. The van der Waals surface area contributed by atoms with Crippen LogP contribution >= 0.6 is 11.6 Å². The number of aliphatic hydroxyl groups excluding tert-OH is 1. The van der Waals surface area contributed by atoms with Crippen LogP contribution < -0.4 is 35.0 Å². The van der Waals surface area contributed by atoms with Gasteiger partial charge in [0.05, 0.1) is 49.2 Å². The number of amides is 2. The van der Waals surface area contributed by atoms with Crippen molar-refractivity contribution in [3.8, 4) is 23.0 Å². The summed E-state index contributed by atoms with van der Waals surface area (Å²) in [7, 11) is 2.72. The van der Waals surface area contributed by atoms with Gasteiger partial charge in [0.2, 0.25) is 0 Å². The molecule has 0 aliphatic carbocycles. The van der Waals surface area contributed by atoms with E-state index in [1.165, 1.54) is 32.6 Å². The highest BCUT2D eigenvalue weighted by Crippen LogP contribution is 2.37. The second-order valence-electron chi connectivity index (χ2n) is 10.2. The molecule has 2 amide bonds. The molecule has 3 aromatic carbocycles. The molecule has 14 nitrogen and oxygen atoms in total. The van der Waals surface area contributed by atoms with Crippen LogP contribution in [0.1, 0.15) is 46.9 Å². The smallest absolute Gasteiger partial charge is 0.337 e. The number of benzene rings is 3. The molecule has 48 heavy (non-hydrogen) atoms. The number of hydrazone groups is 1. The molecule has 0 bridgehead atoms. The van der Waals surface area contributed by atoms with Gasteiger partial charge in [-0.2, -0.15) is 5.10 Å². The van der Waals surface area contributed by atoms with Crippen LogP contribution in [0.2, 0.25) is 5.02 Å². The van der Waals surface area contributed by atoms with Crippen molar-refractivity contribution in [3.05, 3.63) is 93.1 Å². The zero-order valence-corrected chi connectivity index (χ0v) is 27.3. The van der Waals surface area contributed by atoms with E-state index in [2.05, 4.69) is 21.2 Å². The third-order valence-corrected chi connectivity index (χ3v) is 7.23. The molecule has 15 heteroatoms. The number of ether oxygens (including phenoxy) is 5. The Morgan fingerprint density at radius 3 is 2.46 bits per heavy atom. The topological polar surface area (TPSA) is 186 Å². The summed E-state index contributed by atoms with van der Waals surface area (Å²) in [6.45, 7) is 3.62. The summed E-state index contributed by atoms with van der Waals surface area (Å²) >= 11 is 6.46. The lowest BCUT2D eigenvalue weighted by atomic mass is 9.95. The summed E-state index contributed by atoms with van der Waals surface area (Å²) in [6, 6.07) is 13.2. The SMILES string of the molecule is CCOc1cc([C@@H]2NC(=O)NC(C)=C2C(=O)OC)ccc1OC[C@@H](O)N/N=C\c1cc(Cl)c(OCc2ccc(C(=O)O)cc2)c(OC)c1. The predicted molar refractivity (Wildman–Crippen MR) is 175 cm³/mol. The lowest BCUT2D eigenvalue weighted by Crippen LogP contribution is -2.45. The Morgan fingerprint density at radius 2 is 1.79 bits per heavy atom. The van der Waals surface area contributed by atoms with E-state index >= 15 is 0 Å². The molecule has 0 radical (unpaired) electrons. The molecule has 0 unspecified atom stereocenters. The lowest BCUT2D eigenvalue weighted by Gasteiger charge is -2.28. The number of esters is 1. The molecule has 0 saturated heterocycles. The minimum atomic E-state index is -1.22. The number of urea groups is 1. The molecule has 1 aliphatic heterocycles. The van der Waals surface area contributed by atoms with E-state index < -0.39 is 30.2 Å². The third-order valence-electron chi connectivity index (χ3n) is 6.95. The summed E-state index contributed by atoms with van der Waals surface area (Å²) in [5.74, 6) is -0.319. The molecule has 4 rings (SSSR count). The number of methoxy groups -OCH3 is 2. The first-order valence-corrected chi connectivity index (χ1v) is 15.0. The van der Waals surface area contributed by atoms with Crippen molar-refractivity contribution in [3.63, 3.8) is 0 Å². The monoisotopic (exact) mass is 682 g/mol. The number of hydrogen-bond acceptors (Lipinski definition) is 11. The number of halogens is 1. The Labute approximate surface area is 281 Å². The fourth-order valence-electron chi connectivity index (χ4n) is 4.67. The molecular weight excluding hydrogens is 648 g/mol. The number of carbonyl (C=O) groups excluding carboxylic acids is 2. The van der Waals surface area contributed by atoms with E-state index in [0.29, 0.717) is 46.4 Å². The molecular formula is C33H35ClN4O10. The van der Waals surface area contributed by atoms with Crippen molar-refractivity contribution in [1.29, 1.82) is 0 Å². The average Bonchev–Trinajstić information content (AvgIpc) is 3.06. The van der Waals surface area contributed by atoms with Crippen LogP contribution in [-0.2, 0) is 16.1 Å². The first kappa shape index (κ1) is 35.4. The maximum Gasteiger partial charge on any atom is 0.337 e. The first-order chi connectivity index (χ1) is 23.0. The minimum absolute atomic E-state index is 0.130. The van der Waals surface area contributed by atoms with Gasteiger partial charge in [0.25, 0.3) is 0 Å². The fraction of sp³-hybridized carbons (Fsp3) is 0.273. The van der Waals surface area contributed by atoms with Crippen molar-refractivity contribution >= 4 is 35.8 Å². The van der Waals surface area contributed by atoms with Gasteiger partial charge in [-0.25, -0.2) is 14.4 Å². The molecule has 1 heterocycles. The molecule has 0 saturated carbocycles. The van der Waals surface area contributed by atoms with E-state index in [-0.39, 0.29) is 29.4 Å². The van der Waals surface area contributed by atoms with E-state index in [1.807, 2.05) is 0 Å². The maximum atomic E-state index is 12.5. The first-order valence-electron chi connectivity index (χ1n) is 14.6. The van der Waals surface area contributed by atoms with Crippen molar-refractivity contribution in [2.75, 3.05) is 27.4 Å².